The number of likely N-dealkylation sites (N-methyl/N-ethyl adjacent to an activating group) is 1. The second-order valence-electron chi connectivity index (χ2n) is 8.16. The Morgan fingerprint density at radius 2 is 2.03 bits per heavy atom. The van der Waals surface area contributed by atoms with Crippen LogP contribution in [-0.2, 0) is 16.6 Å². The first-order valence-corrected chi connectivity index (χ1v) is 10.8. The molecule has 1 fully saturated rings. The van der Waals surface area contributed by atoms with E-state index in [1.54, 1.807) is 30.8 Å². The molecule has 1 saturated heterocycles. The Labute approximate surface area is 179 Å². The number of nitrogens with zero attached hydrogens (tertiary/aromatic N) is 3. The molecule has 2 atom stereocenters. The Bertz CT molecular complexity index is 1140. The van der Waals surface area contributed by atoms with E-state index in [-0.39, 0.29) is 11.8 Å². The van der Waals surface area contributed by atoms with E-state index in [4.69, 9.17) is 10.1 Å². The molecule has 5 rings (SSSR count). The number of amidine groups is 1. The molecule has 152 valence electrons. The first kappa shape index (κ1) is 18.9. The van der Waals surface area contributed by atoms with Gasteiger partial charge >= 0.3 is 0 Å². The summed E-state index contributed by atoms with van der Waals surface area (Å²) in [6, 6.07) is 8.23. The average Bonchev–Trinajstić information content (AvgIpc) is 3.42. The molecule has 2 aliphatic heterocycles. The Kier molecular flexibility index (Phi) is 4.43. The zero-order valence-electron chi connectivity index (χ0n) is 16.9. The molecule has 0 bridgehead atoms. The number of thiophene rings is 1. The molecular formula is C23H22N4O2S. The van der Waals surface area contributed by atoms with Crippen LogP contribution in [0.1, 0.15) is 35.3 Å². The number of fused-ring (bicyclic) bond motifs is 1. The molecule has 0 spiro atoms. The smallest absolute Gasteiger partial charge is 0.236 e. The molecule has 1 N–H and O–H groups in total. The number of hydrogen-bond donors (Lipinski definition) is 1. The number of amides is 1. The normalized spacial score (nSPS) is 23.4. The Morgan fingerprint density at radius 1 is 1.23 bits per heavy atom. The summed E-state index contributed by atoms with van der Waals surface area (Å²) in [6.07, 6.45) is 6.47. The number of likely N-dealkylation sites (tertiary alicyclic amines) is 1. The molecule has 0 aliphatic carbocycles. The number of benzene rings is 1. The summed E-state index contributed by atoms with van der Waals surface area (Å²) < 4.78 is 5.66. The Balaban J connectivity index is 1.61. The molecule has 30 heavy (non-hydrogen) atoms. The topological polar surface area (TPSA) is 79.2 Å². The summed E-state index contributed by atoms with van der Waals surface area (Å²) >= 11 is 1.63. The quantitative estimate of drug-likeness (QED) is 0.697. The maximum Gasteiger partial charge on any atom is 0.236 e. The van der Waals surface area contributed by atoms with Crippen molar-refractivity contribution in [3.8, 4) is 16.9 Å². The molecule has 1 aromatic carbocycles. The van der Waals surface area contributed by atoms with Gasteiger partial charge in [0, 0.05) is 48.1 Å². The second-order valence-corrected chi connectivity index (χ2v) is 9.07. The van der Waals surface area contributed by atoms with Gasteiger partial charge in [-0.25, -0.2) is 9.97 Å². The van der Waals surface area contributed by atoms with Crippen molar-refractivity contribution in [2.24, 2.45) is 0 Å². The van der Waals surface area contributed by atoms with Crippen molar-refractivity contribution >= 4 is 23.1 Å². The predicted molar refractivity (Wildman–Crippen MR) is 116 cm³/mol. The number of aromatic nitrogens is 2. The van der Waals surface area contributed by atoms with Gasteiger partial charge in [0.05, 0.1) is 12.5 Å². The van der Waals surface area contributed by atoms with Crippen LogP contribution in [0.15, 0.2) is 48.4 Å². The second kappa shape index (κ2) is 7.02. The highest BCUT2D eigenvalue weighted by Gasteiger charge is 2.49. The molecular weight excluding hydrogens is 396 g/mol. The summed E-state index contributed by atoms with van der Waals surface area (Å²) in [5.74, 6) is 0.861. The average molecular weight is 419 g/mol. The van der Waals surface area contributed by atoms with Crippen molar-refractivity contribution in [1.82, 2.24) is 14.9 Å². The molecule has 2 aromatic heterocycles. The number of carbonyl (C=O) groups excluding carboxylic acids is 1. The number of carbonyl (C=O) groups is 1. The highest BCUT2D eigenvalue weighted by atomic mass is 32.1. The third-order valence-corrected chi connectivity index (χ3v) is 7.47. The van der Waals surface area contributed by atoms with Gasteiger partial charge in [0.1, 0.15) is 17.9 Å². The van der Waals surface area contributed by atoms with Crippen LogP contribution in [0, 0.1) is 5.41 Å². The van der Waals surface area contributed by atoms with Gasteiger partial charge in [-0.2, -0.15) is 0 Å². The lowest BCUT2D eigenvalue weighted by Crippen LogP contribution is -2.51. The van der Waals surface area contributed by atoms with Gasteiger partial charge in [0.25, 0.3) is 0 Å². The first-order chi connectivity index (χ1) is 14.5. The third kappa shape index (κ3) is 2.92. The lowest BCUT2D eigenvalue weighted by Gasteiger charge is -2.44. The van der Waals surface area contributed by atoms with Crippen LogP contribution in [0.25, 0.3) is 11.1 Å². The molecule has 3 aromatic rings. The standard InChI is InChI=1S/C23H22N4O2S/c1-23(19-8-16(12-30-19)17-10-25-13-26-11-17)9-20(24)27(2)22(28)21(23)15-3-4-18-14(7-15)5-6-29-18/h3-4,7-8,10-13,21,24H,5-6,9H2,1-2H3/t21-,23-/m1/s1. The molecule has 0 radical (unpaired) electrons. The number of hydrogen-bond acceptors (Lipinski definition) is 6. The number of nitrogens with one attached hydrogen (secondary N) is 1. The Morgan fingerprint density at radius 3 is 2.83 bits per heavy atom. The van der Waals surface area contributed by atoms with Gasteiger partial charge < -0.3 is 9.64 Å². The minimum atomic E-state index is -0.507. The monoisotopic (exact) mass is 418 g/mol. The van der Waals surface area contributed by atoms with Gasteiger partial charge in [-0.3, -0.25) is 10.2 Å². The van der Waals surface area contributed by atoms with E-state index in [1.165, 1.54) is 11.2 Å². The summed E-state index contributed by atoms with van der Waals surface area (Å²) in [7, 11) is 1.70. The van der Waals surface area contributed by atoms with Crippen LogP contribution in [0.5, 0.6) is 5.75 Å². The molecule has 0 saturated carbocycles. The van der Waals surface area contributed by atoms with E-state index < -0.39 is 5.41 Å². The van der Waals surface area contributed by atoms with Gasteiger partial charge in [-0.15, -0.1) is 11.3 Å². The van der Waals surface area contributed by atoms with Gasteiger partial charge in [0.15, 0.2) is 0 Å². The third-order valence-electron chi connectivity index (χ3n) is 6.26. The van der Waals surface area contributed by atoms with Crippen LogP contribution in [0.3, 0.4) is 0 Å². The van der Waals surface area contributed by atoms with Gasteiger partial charge in [-0.05, 0) is 34.2 Å². The number of ether oxygens (including phenoxy) is 1. The summed E-state index contributed by atoms with van der Waals surface area (Å²) in [5, 5.41) is 10.5. The van der Waals surface area contributed by atoms with Crippen LogP contribution in [-0.4, -0.2) is 40.3 Å². The SMILES string of the molecule is CN1C(=N)C[C@](C)(c2cc(-c3cncnc3)cs2)[C@H](c2ccc3c(c2)CCO3)C1=O. The summed E-state index contributed by atoms with van der Waals surface area (Å²) in [5.41, 5.74) is 3.62. The van der Waals surface area contributed by atoms with Crippen molar-refractivity contribution in [1.29, 1.82) is 5.41 Å². The maximum absolute atomic E-state index is 13.4. The van der Waals surface area contributed by atoms with Crippen molar-refractivity contribution in [2.45, 2.75) is 31.1 Å². The highest BCUT2D eigenvalue weighted by Crippen LogP contribution is 2.49. The number of piperidine rings is 1. The van der Waals surface area contributed by atoms with E-state index in [0.29, 0.717) is 18.9 Å². The van der Waals surface area contributed by atoms with Crippen LogP contribution >= 0.6 is 11.3 Å². The summed E-state index contributed by atoms with van der Waals surface area (Å²) in [6.45, 7) is 2.80. The maximum atomic E-state index is 13.4. The van der Waals surface area contributed by atoms with E-state index in [0.717, 1.165) is 39.3 Å². The molecule has 1 amide bonds. The van der Waals surface area contributed by atoms with Crippen molar-refractivity contribution in [2.75, 3.05) is 13.7 Å². The fourth-order valence-electron chi connectivity index (χ4n) is 4.53. The van der Waals surface area contributed by atoms with Crippen molar-refractivity contribution in [3.05, 3.63) is 64.4 Å². The van der Waals surface area contributed by atoms with Gasteiger partial charge in [0.2, 0.25) is 5.91 Å². The zero-order chi connectivity index (χ0) is 20.9. The zero-order valence-corrected chi connectivity index (χ0v) is 17.7. The molecule has 0 unspecified atom stereocenters. The summed E-state index contributed by atoms with van der Waals surface area (Å²) in [4.78, 5) is 24.3. The molecule has 7 heteroatoms. The van der Waals surface area contributed by atoms with Crippen molar-refractivity contribution < 1.29 is 9.53 Å². The van der Waals surface area contributed by atoms with E-state index in [9.17, 15) is 4.79 Å². The fraction of sp³-hybridized carbons (Fsp3) is 0.304. The molecule has 6 nitrogen and oxygen atoms in total. The lowest BCUT2D eigenvalue weighted by molar-refractivity contribution is -0.131. The highest BCUT2D eigenvalue weighted by molar-refractivity contribution is 7.10. The van der Waals surface area contributed by atoms with Crippen LogP contribution < -0.4 is 4.74 Å². The molecule has 2 aliphatic rings. The van der Waals surface area contributed by atoms with E-state index >= 15 is 0 Å². The van der Waals surface area contributed by atoms with E-state index in [1.807, 2.05) is 12.1 Å². The molecule has 4 heterocycles. The fourth-order valence-corrected chi connectivity index (χ4v) is 5.64. The van der Waals surface area contributed by atoms with Crippen LogP contribution in [0.2, 0.25) is 0 Å². The first-order valence-electron chi connectivity index (χ1n) is 9.92. The number of rotatable bonds is 3. The van der Waals surface area contributed by atoms with Gasteiger partial charge in [-0.1, -0.05) is 19.1 Å². The van der Waals surface area contributed by atoms with Crippen LogP contribution in [0.4, 0.5) is 0 Å². The van der Waals surface area contributed by atoms with E-state index in [2.05, 4.69) is 34.4 Å². The lowest BCUT2D eigenvalue weighted by atomic mass is 9.66. The van der Waals surface area contributed by atoms with Crippen molar-refractivity contribution in [3.63, 3.8) is 0 Å². The minimum absolute atomic E-state index is 0.0365. The largest absolute Gasteiger partial charge is 0.493 e. The Hall–Kier alpha value is -3.06. The predicted octanol–water partition coefficient (Wildman–Crippen LogP) is 4.02. The minimum Gasteiger partial charge on any atom is -0.493 e.